The molecule has 4 rings (SSSR count). The number of methoxy groups -OCH3 is 1. The van der Waals surface area contributed by atoms with Gasteiger partial charge in [-0.1, -0.05) is 35.9 Å². The third-order valence-corrected chi connectivity index (χ3v) is 4.48. The first-order valence-electron chi connectivity index (χ1n) is 9.12. The highest BCUT2D eigenvalue weighted by Gasteiger charge is 2.36. The van der Waals surface area contributed by atoms with Crippen LogP contribution < -0.4 is 10.1 Å². The molecule has 2 aromatic heterocycles. The number of aromatic nitrogens is 4. The number of hydrogen-bond acceptors (Lipinski definition) is 5. The number of nitrogens with one attached hydrogen (secondary N) is 1. The van der Waals surface area contributed by atoms with Crippen molar-refractivity contribution in [1.29, 1.82) is 0 Å². The molecular weight excluding hydrogens is 411 g/mol. The molecule has 0 atom stereocenters. The van der Waals surface area contributed by atoms with E-state index < -0.39 is 23.6 Å². The number of ether oxygens (including phenoxy) is 1. The van der Waals surface area contributed by atoms with Crippen molar-refractivity contribution in [3.05, 3.63) is 71.7 Å². The molecule has 10 heteroatoms. The number of halogens is 3. The summed E-state index contributed by atoms with van der Waals surface area (Å²) in [4.78, 5) is 20.6. The van der Waals surface area contributed by atoms with Gasteiger partial charge in [-0.25, -0.2) is 4.98 Å². The molecule has 0 aliphatic carbocycles. The van der Waals surface area contributed by atoms with E-state index in [4.69, 9.17) is 4.74 Å². The van der Waals surface area contributed by atoms with E-state index in [1.54, 1.807) is 48.5 Å². The largest absolute Gasteiger partial charge is 0.497 e. The van der Waals surface area contributed by atoms with Crippen LogP contribution in [0.15, 0.2) is 54.6 Å². The Balaban J connectivity index is 1.76. The molecule has 0 unspecified atom stereocenters. The number of rotatable bonds is 4. The van der Waals surface area contributed by atoms with Crippen molar-refractivity contribution in [1.82, 2.24) is 19.6 Å². The number of aryl methyl sites for hydroxylation is 1. The molecular formula is C21H16F3N5O2. The first kappa shape index (κ1) is 20.3. The monoisotopic (exact) mass is 427 g/mol. The lowest BCUT2D eigenvalue weighted by molar-refractivity contribution is -0.142. The Labute approximate surface area is 174 Å². The van der Waals surface area contributed by atoms with Crippen molar-refractivity contribution < 1.29 is 22.7 Å². The highest BCUT2D eigenvalue weighted by Crippen LogP contribution is 2.32. The van der Waals surface area contributed by atoms with Crippen LogP contribution in [0.4, 0.5) is 18.9 Å². The second kappa shape index (κ2) is 7.71. The summed E-state index contributed by atoms with van der Waals surface area (Å²) < 4.78 is 46.7. The number of carbonyl (C=O) groups is 1. The second-order valence-electron chi connectivity index (χ2n) is 6.72. The minimum atomic E-state index is -4.73. The molecule has 0 saturated carbocycles. The van der Waals surface area contributed by atoms with Gasteiger partial charge in [0.25, 0.3) is 11.7 Å². The van der Waals surface area contributed by atoms with E-state index in [2.05, 4.69) is 20.4 Å². The van der Waals surface area contributed by atoms with Gasteiger partial charge in [0.1, 0.15) is 5.75 Å². The van der Waals surface area contributed by atoms with Crippen molar-refractivity contribution in [2.24, 2.45) is 0 Å². The Bertz CT molecular complexity index is 1270. The molecule has 2 heterocycles. The van der Waals surface area contributed by atoms with Crippen LogP contribution in [-0.2, 0) is 6.18 Å². The van der Waals surface area contributed by atoms with Crippen molar-refractivity contribution in [3.63, 3.8) is 0 Å². The number of amides is 1. The number of carbonyl (C=O) groups excluding carboxylic acids is 1. The fraction of sp³-hybridized carbons (Fsp3) is 0.143. The first-order chi connectivity index (χ1) is 14.7. The van der Waals surface area contributed by atoms with Crippen LogP contribution in [0.3, 0.4) is 0 Å². The molecule has 0 bridgehead atoms. The topological polar surface area (TPSA) is 81.4 Å². The van der Waals surface area contributed by atoms with Crippen LogP contribution >= 0.6 is 0 Å². The van der Waals surface area contributed by atoms with Crippen LogP contribution in [-0.4, -0.2) is 32.6 Å². The van der Waals surface area contributed by atoms with Crippen LogP contribution in [0.5, 0.6) is 5.75 Å². The van der Waals surface area contributed by atoms with Crippen molar-refractivity contribution in [2.75, 3.05) is 12.4 Å². The SMILES string of the molecule is COc1cccc(NC(=O)c2nc3nc(-c4ccc(C)cc4)cc(C(F)(F)F)n3n2)c1. The molecule has 0 aliphatic heterocycles. The lowest BCUT2D eigenvalue weighted by atomic mass is 10.1. The molecule has 0 spiro atoms. The zero-order chi connectivity index (χ0) is 22.2. The van der Waals surface area contributed by atoms with Crippen LogP contribution in [0.2, 0.25) is 0 Å². The number of nitrogens with zero attached hydrogens (tertiary/aromatic N) is 4. The minimum Gasteiger partial charge on any atom is -0.497 e. The molecule has 7 nitrogen and oxygen atoms in total. The Kier molecular flexibility index (Phi) is 5.05. The Hall–Kier alpha value is -3.95. The lowest BCUT2D eigenvalue weighted by Crippen LogP contribution is -2.16. The van der Waals surface area contributed by atoms with E-state index in [1.807, 2.05) is 6.92 Å². The Morgan fingerprint density at radius 1 is 1.06 bits per heavy atom. The van der Waals surface area contributed by atoms with Gasteiger partial charge in [0.05, 0.1) is 12.8 Å². The summed E-state index contributed by atoms with van der Waals surface area (Å²) in [5.74, 6) is -1.05. The second-order valence-corrected chi connectivity index (χ2v) is 6.72. The number of hydrogen-bond donors (Lipinski definition) is 1. The minimum absolute atomic E-state index is 0.0759. The van der Waals surface area contributed by atoms with Crippen LogP contribution in [0.25, 0.3) is 17.0 Å². The average molecular weight is 427 g/mol. The molecule has 0 saturated heterocycles. The summed E-state index contributed by atoms with van der Waals surface area (Å²) >= 11 is 0. The van der Waals surface area contributed by atoms with E-state index in [9.17, 15) is 18.0 Å². The van der Waals surface area contributed by atoms with Crippen molar-refractivity contribution >= 4 is 17.4 Å². The van der Waals surface area contributed by atoms with E-state index in [0.29, 0.717) is 21.5 Å². The summed E-state index contributed by atoms with van der Waals surface area (Å²) in [5.41, 5.74) is 0.823. The molecule has 1 N–H and O–H groups in total. The lowest BCUT2D eigenvalue weighted by Gasteiger charge is -2.10. The van der Waals surface area contributed by atoms with Gasteiger partial charge in [0, 0.05) is 17.3 Å². The zero-order valence-electron chi connectivity index (χ0n) is 16.4. The highest BCUT2D eigenvalue weighted by molar-refractivity contribution is 6.01. The fourth-order valence-corrected chi connectivity index (χ4v) is 2.93. The summed E-state index contributed by atoms with van der Waals surface area (Å²) in [7, 11) is 1.47. The maximum atomic E-state index is 13.7. The summed E-state index contributed by atoms with van der Waals surface area (Å²) in [6.45, 7) is 1.87. The number of fused-ring (bicyclic) bond motifs is 1. The summed E-state index contributed by atoms with van der Waals surface area (Å²) in [5, 5.41) is 6.28. The predicted octanol–water partition coefficient (Wildman–Crippen LogP) is 4.38. The molecule has 4 aromatic rings. The summed E-state index contributed by atoms with van der Waals surface area (Å²) in [6, 6.07) is 14.3. The van der Waals surface area contributed by atoms with Crippen LogP contribution in [0.1, 0.15) is 21.9 Å². The molecule has 0 fully saturated rings. The molecule has 1 amide bonds. The normalized spacial score (nSPS) is 11.5. The quantitative estimate of drug-likeness (QED) is 0.523. The standard InChI is InChI=1S/C21H16F3N5O2/c1-12-6-8-13(9-7-12)16-11-17(21(22,23)24)29-20(26-16)27-18(28-29)19(30)25-14-4-3-5-15(10-14)31-2/h3-11H,1-2H3,(H,25,30). The Morgan fingerprint density at radius 3 is 2.48 bits per heavy atom. The van der Waals surface area contributed by atoms with E-state index in [0.717, 1.165) is 11.6 Å². The van der Waals surface area contributed by atoms with Gasteiger partial charge in [-0.05, 0) is 25.1 Å². The number of alkyl halides is 3. The number of anilines is 1. The third-order valence-electron chi connectivity index (χ3n) is 4.48. The fourth-order valence-electron chi connectivity index (χ4n) is 2.93. The van der Waals surface area contributed by atoms with Gasteiger partial charge in [-0.15, -0.1) is 5.10 Å². The van der Waals surface area contributed by atoms with Gasteiger partial charge in [-0.3, -0.25) is 4.79 Å². The smallest absolute Gasteiger partial charge is 0.433 e. The first-order valence-corrected chi connectivity index (χ1v) is 9.12. The van der Waals surface area contributed by atoms with Crippen LogP contribution in [0, 0.1) is 6.92 Å². The van der Waals surface area contributed by atoms with Gasteiger partial charge < -0.3 is 10.1 Å². The third kappa shape index (κ3) is 4.18. The maximum absolute atomic E-state index is 13.7. The molecule has 31 heavy (non-hydrogen) atoms. The van der Waals surface area contributed by atoms with Crippen molar-refractivity contribution in [2.45, 2.75) is 13.1 Å². The average Bonchev–Trinajstić information content (AvgIpc) is 3.17. The van der Waals surface area contributed by atoms with E-state index in [-0.39, 0.29) is 11.5 Å². The molecule has 0 radical (unpaired) electrons. The molecule has 2 aromatic carbocycles. The summed E-state index contributed by atoms with van der Waals surface area (Å²) in [6.07, 6.45) is -4.73. The Morgan fingerprint density at radius 2 is 1.81 bits per heavy atom. The molecule has 0 aliphatic rings. The van der Waals surface area contributed by atoms with Gasteiger partial charge in [0.15, 0.2) is 5.69 Å². The van der Waals surface area contributed by atoms with Gasteiger partial charge in [-0.2, -0.15) is 22.7 Å². The predicted molar refractivity (Wildman–Crippen MR) is 107 cm³/mol. The zero-order valence-corrected chi connectivity index (χ0v) is 16.4. The highest BCUT2D eigenvalue weighted by atomic mass is 19.4. The maximum Gasteiger partial charge on any atom is 0.433 e. The van der Waals surface area contributed by atoms with E-state index >= 15 is 0 Å². The van der Waals surface area contributed by atoms with E-state index in [1.165, 1.54) is 7.11 Å². The van der Waals surface area contributed by atoms with Crippen molar-refractivity contribution in [3.8, 4) is 17.0 Å². The van der Waals surface area contributed by atoms with Gasteiger partial charge in [0.2, 0.25) is 5.82 Å². The van der Waals surface area contributed by atoms with Gasteiger partial charge >= 0.3 is 6.18 Å². The number of benzene rings is 2. The molecule has 158 valence electrons.